The molecule has 0 unspecified atom stereocenters. The summed E-state index contributed by atoms with van der Waals surface area (Å²) in [5, 5.41) is 4.60. The van der Waals surface area contributed by atoms with E-state index in [2.05, 4.69) is 5.10 Å². The highest BCUT2D eigenvalue weighted by molar-refractivity contribution is 6.07. The van der Waals surface area contributed by atoms with E-state index in [0.29, 0.717) is 17.0 Å². The number of carbonyl (C=O) groups excluding carboxylic acids is 2. The summed E-state index contributed by atoms with van der Waals surface area (Å²) in [7, 11) is 2.45. The van der Waals surface area contributed by atoms with Crippen molar-refractivity contribution >= 4 is 11.9 Å². The van der Waals surface area contributed by atoms with Gasteiger partial charge in [0.2, 0.25) is 0 Å². The van der Waals surface area contributed by atoms with Crippen LogP contribution in [0, 0.1) is 5.82 Å². The van der Waals surface area contributed by atoms with Crippen molar-refractivity contribution in [3.8, 4) is 22.7 Å². The first kappa shape index (κ1) is 22.7. The number of hydrogen-bond donors (Lipinski definition) is 0. The van der Waals surface area contributed by atoms with Crippen LogP contribution >= 0.6 is 0 Å². The SMILES string of the molecule is COC(=O)c1c(-c2ccccc2OCc2ccc(F)cc2)nn(-c2ccccc2)c1C(=O)OC. The molecule has 34 heavy (non-hydrogen) atoms. The van der Waals surface area contributed by atoms with E-state index < -0.39 is 11.9 Å². The first-order valence-electron chi connectivity index (χ1n) is 10.3. The number of rotatable bonds is 7. The van der Waals surface area contributed by atoms with Crippen molar-refractivity contribution in [3.63, 3.8) is 0 Å². The number of hydrogen-bond acceptors (Lipinski definition) is 6. The van der Waals surface area contributed by atoms with E-state index in [1.165, 1.54) is 31.0 Å². The highest BCUT2D eigenvalue weighted by Gasteiger charge is 2.32. The lowest BCUT2D eigenvalue weighted by Crippen LogP contribution is -2.15. The summed E-state index contributed by atoms with van der Waals surface area (Å²) in [5.41, 5.74) is 1.88. The van der Waals surface area contributed by atoms with Gasteiger partial charge in [-0.15, -0.1) is 0 Å². The average Bonchev–Trinajstić information content (AvgIpc) is 3.28. The van der Waals surface area contributed by atoms with Gasteiger partial charge in [-0.3, -0.25) is 0 Å². The summed E-state index contributed by atoms with van der Waals surface area (Å²) < 4.78 is 30.5. The number of methoxy groups -OCH3 is 2. The molecular weight excluding hydrogens is 439 g/mol. The minimum absolute atomic E-state index is 0.0453. The molecule has 0 fully saturated rings. The Hall–Kier alpha value is -4.46. The van der Waals surface area contributed by atoms with Gasteiger partial charge in [-0.2, -0.15) is 5.10 Å². The molecule has 3 aromatic carbocycles. The number of esters is 2. The van der Waals surface area contributed by atoms with Crippen molar-refractivity contribution in [2.75, 3.05) is 14.2 Å². The Balaban J connectivity index is 1.86. The second kappa shape index (κ2) is 9.99. The number of halogens is 1. The van der Waals surface area contributed by atoms with Crippen LogP contribution in [0.5, 0.6) is 5.75 Å². The third kappa shape index (κ3) is 4.52. The fourth-order valence-corrected chi connectivity index (χ4v) is 3.47. The molecule has 0 bridgehead atoms. The van der Waals surface area contributed by atoms with Gasteiger partial charge in [-0.05, 0) is 42.0 Å². The van der Waals surface area contributed by atoms with Crippen molar-refractivity contribution in [1.82, 2.24) is 9.78 Å². The van der Waals surface area contributed by atoms with Gasteiger partial charge in [0.25, 0.3) is 0 Å². The zero-order valence-electron chi connectivity index (χ0n) is 18.5. The maximum Gasteiger partial charge on any atom is 0.357 e. The number of nitrogens with zero attached hydrogens (tertiary/aromatic N) is 2. The van der Waals surface area contributed by atoms with Crippen LogP contribution in [0.25, 0.3) is 16.9 Å². The van der Waals surface area contributed by atoms with Crippen LogP contribution < -0.4 is 4.74 Å². The molecule has 4 rings (SSSR count). The number of carbonyl (C=O) groups is 2. The molecule has 0 aliphatic rings. The molecule has 0 saturated carbocycles. The van der Waals surface area contributed by atoms with Crippen LogP contribution in [0.4, 0.5) is 4.39 Å². The molecule has 4 aromatic rings. The lowest BCUT2D eigenvalue weighted by Gasteiger charge is -2.11. The van der Waals surface area contributed by atoms with Crippen LogP contribution in [-0.2, 0) is 16.1 Å². The molecule has 0 aliphatic carbocycles. The predicted octanol–water partition coefficient (Wildman–Crippen LogP) is 4.83. The second-order valence-electron chi connectivity index (χ2n) is 7.21. The van der Waals surface area contributed by atoms with Gasteiger partial charge in [0.15, 0.2) is 5.69 Å². The van der Waals surface area contributed by atoms with Gasteiger partial charge >= 0.3 is 11.9 Å². The molecule has 0 amide bonds. The molecule has 172 valence electrons. The molecule has 0 atom stereocenters. The smallest absolute Gasteiger partial charge is 0.357 e. The zero-order valence-corrected chi connectivity index (χ0v) is 18.5. The van der Waals surface area contributed by atoms with Crippen LogP contribution in [0.3, 0.4) is 0 Å². The van der Waals surface area contributed by atoms with Crippen molar-refractivity contribution in [1.29, 1.82) is 0 Å². The number of ether oxygens (including phenoxy) is 3. The monoisotopic (exact) mass is 460 g/mol. The summed E-state index contributed by atoms with van der Waals surface area (Å²) in [6.07, 6.45) is 0. The number of benzene rings is 3. The van der Waals surface area contributed by atoms with E-state index >= 15 is 0 Å². The quantitative estimate of drug-likeness (QED) is 0.368. The van der Waals surface area contributed by atoms with Crippen molar-refractivity contribution in [3.05, 3.63) is 102 Å². The Morgan fingerprint density at radius 2 is 1.50 bits per heavy atom. The molecule has 7 nitrogen and oxygen atoms in total. The van der Waals surface area contributed by atoms with Gasteiger partial charge in [-0.1, -0.05) is 42.5 Å². The molecule has 0 radical (unpaired) electrons. The fourth-order valence-electron chi connectivity index (χ4n) is 3.47. The summed E-state index contributed by atoms with van der Waals surface area (Å²) in [4.78, 5) is 25.6. The largest absolute Gasteiger partial charge is 0.488 e. The Labute approximate surface area is 195 Å². The molecule has 0 aliphatic heterocycles. The highest BCUT2D eigenvalue weighted by atomic mass is 19.1. The average molecular weight is 460 g/mol. The summed E-state index contributed by atoms with van der Waals surface area (Å²) in [6, 6.07) is 21.8. The Morgan fingerprint density at radius 3 is 2.18 bits per heavy atom. The van der Waals surface area contributed by atoms with E-state index in [0.717, 1.165) is 5.56 Å². The topological polar surface area (TPSA) is 79.7 Å². The van der Waals surface area contributed by atoms with Gasteiger partial charge in [0, 0.05) is 5.56 Å². The lowest BCUT2D eigenvalue weighted by molar-refractivity contribution is 0.0549. The normalized spacial score (nSPS) is 10.6. The van der Waals surface area contributed by atoms with Gasteiger partial charge in [0.1, 0.15) is 29.4 Å². The molecule has 1 aromatic heterocycles. The van der Waals surface area contributed by atoms with E-state index in [4.69, 9.17) is 14.2 Å². The Morgan fingerprint density at radius 1 is 0.853 bits per heavy atom. The van der Waals surface area contributed by atoms with Gasteiger partial charge < -0.3 is 14.2 Å². The lowest BCUT2D eigenvalue weighted by atomic mass is 10.0. The van der Waals surface area contributed by atoms with Crippen molar-refractivity contribution < 1.29 is 28.2 Å². The van der Waals surface area contributed by atoms with Crippen molar-refractivity contribution in [2.45, 2.75) is 6.61 Å². The standard InChI is InChI=1S/C26H21FN2O5/c1-32-25(30)22-23(28-29(24(22)26(31)33-2)19-8-4-3-5-9-19)20-10-6-7-11-21(20)34-16-17-12-14-18(27)15-13-17/h3-15H,16H2,1-2H3. The Kier molecular flexibility index (Phi) is 6.68. The minimum atomic E-state index is -0.745. The molecule has 8 heteroatoms. The third-order valence-corrected chi connectivity index (χ3v) is 5.10. The van der Waals surface area contributed by atoms with E-state index in [1.54, 1.807) is 60.7 Å². The number of aromatic nitrogens is 2. The predicted molar refractivity (Wildman–Crippen MR) is 122 cm³/mol. The van der Waals surface area contributed by atoms with Crippen LogP contribution in [0.1, 0.15) is 26.4 Å². The molecule has 0 saturated heterocycles. The number of para-hydroxylation sites is 2. The second-order valence-corrected chi connectivity index (χ2v) is 7.21. The van der Waals surface area contributed by atoms with Crippen LogP contribution in [0.2, 0.25) is 0 Å². The Bertz CT molecular complexity index is 1320. The highest BCUT2D eigenvalue weighted by Crippen LogP contribution is 2.35. The van der Waals surface area contributed by atoms with Crippen LogP contribution in [-0.4, -0.2) is 35.9 Å². The first-order valence-corrected chi connectivity index (χ1v) is 10.3. The minimum Gasteiger partial charge on any atom is -0.488 e. The maximum absolute atomic E-state index is 13.2. The summed E-state index contributed by atoms with van der Waals surface area (Å²) >= 11 is 0. The summed E-state index contributed by atoms with van der Waals surface area (Å²) in [6.45, 7) is 0.161. The van der Waals surface area contributed by atoms with E-state index in [-0.39, 0.29) is 29.4 Å². The van der Waals surface area contributed by atoms with Crippen LogP contribution in [0.15, 0.2) is 78.9 Å². The van der Waals surface area contributed by atoms with Crippen molar-refractivity contribution in [2.24, 2.45) is 0 Å². The van der Waals surface area contributed by atoms with Gasteiger partial charge in [-0.25, -0.2) is 18.7 Å². The molecule has 0 spiro atoms. The first-order chi connectivity index (χ1) is 16.5. The van der Waals surface area contributed by atoms with E-state index in [9.17, 15) is 14.0 Å². The third-order valence-electron chi connectivity index (χ3n) is 5.10. The summed E-state index contributed by atoms with van der Waals surface area (Å²) in [5.74, 6) is -1.40. The van der Waals surface area contributed by atoms with Gasteiger partial charge in [0.05, 0.1) is 19.9 Å². The molecule has 1 heterocycles. The molecule has 0 N–H and O–H groups in total. The fraction of sp³-hybridized carbons (Fsp3) is 0.115. The van der Waals surface area contributed by atoms with E-state index in [1.807, 2.05) is 6.07 Å². The zero-order chi connectivity index (χ0) is 24.1. The molecular formula is C26H21FN2O5. The maximum atomic E-state index is 13.2.